The predicted molar refractivity (Wildman–Crippen MR) is 99.3 cm³/mol. The third kappa shape index (κ3) is 3.88. The highest BCUT2D eigenvalue weighted by molar-refractivity contribution is 6.02. The van der Waals surface area contributed by atoms with E-state index in [2.05, 4.69) is 45.1 Å². The van der Waals surface area contributed by atoms with Crippen LogP contribution >= 0.6 is 0 Å². The Labute approximate surface area is 144 Å². The molecule has 0 spiro atoms. The predicted octanol–water partition coefficient (Wildman–Crippen LogP) is 4.35. The van der Waals surface area contributed by atoms with Gasteiger partial charge in [-0.2, -0.15) is 0 Å². The molecule has 0 aliphatic heterocycles. The van der Waals surface area contributed by atoms with Crippen LogP contribution < -0.4 is 15.8 Å². The molecular weight excluding hydrogens is 300 g/mol. The van der Waals surface area contributed by atoms with Crippen molar-refractivity contribution in [2.24, 2.45) is 11.7 Å². The van der Waals surface area contributed by atoms with E-state index in [4.69, 9.17) is 10.5 Å². The molecule has 4 nitrogen and oxygen atoms in total. The summed E-state index contributed by atoms with van der Waals surface area (Å²) in [4.78, 5) is 11.8. The third-order valence-corrected chi connectivity index (χ3v) is 3.99. The van der Waals surface area contributed by atoms with Gasteiger partial charge in [0.15, 0.2) is 0 Å². The summed E-state index contributed by atoms with van der Waals surface area (Å²) in [6.07, 6.45) is 1.05. The van der Waals surface area contributed by atoms with Crippen LogP contribution in [-0.2, 0) is 6.42 Å². The van der Waals surface area contributed by atoms with Gasteiger partial charge in [-0.05, 0) is 55.0 Å². The number of hydrogen-bond donors (Lipinski definition) is 2. The molecule has 1 amide bonds. The third-order valence-electron chi connectivity index (χ3n) is 3.99. The number of ether oxygens (including phenoxy) is 1. The first-order valence-corrected chi connectivity index (χ1v) is 8.17. The summed E-state index contributed by atoms with van der Waals surface area (Å²) in [6, 6.07) is 9.80. The molecule has 0 fully saturated rings. The SMILES string of the molecule is COc1cccc(Nc2c(C)cc(CC(C)C)cc2C)c1C(N)=O. The Bertz CT molecular complexity index is 728. The fourth-order valence-corrected chi connectivity index (χ4v) is 3.03. The Hall–Kier alpha value is -2.49. The summed E-state index contributed by atoms with van der Waals surface area (Å²) in [5, 5.41) is 3.36. The van der Waals surface area contributed by atoms with Crippen molar-refractivity contribution in [2.75, 3.05) is 12.4 Å². The quantitative estimate of drug-likeness (QED) is 0.829. The summed E-state index contributed by atoms with van der Waals surface area (Å²) in [5.41, 5.74) is 11.2. The van der Waals surface area contributed by atoms with Crippen molar-refractivity contribution >= 4 is 17.3 Å². The van der Waals surface area contributed by atoms with E-state index in [1.807, 2.05) is 12.1 Å². The Morgan fingerprint density at radius 3 is 2.33 bits per heavy atom. The van der Waals surface area contributed by atoms with Crippen LogP contribution in [0.3, 0.4) is 0 Å². The molecule has 0 aromatic heterocycles. The molecule has 3 N–H and O–H groups in total. The molecule has 0 heterocycles. The van der Waals surface area contributed by atoms with Crippen LogP contribution in [0.25, 0.3) is 0 Å². The number of methoxy groups -OCH3 is 1. The van der Waals surface area contributed by atoms with Crippen LogP contribution in [0, 0.1) is 19.8 Å². The Balaban J connectivity index is 2.44. The molecule has 0 atom stereocenters. The maximum absolute atomic E-state index is 11.8. The number of carbonyl (C=O) groups is 1. The molecular formula is C20H26N2O2. The maximum atomic E-state index is 11.8. The van der Waals surface area contributed by atoms with Gasteiger partial charge in [-0.25, -0.2) is 0 Å². The highest BCUT2D eigenvalue weighted by Crippen LogP contribution is 2.32. The fraction of sp³-hybridized carbons (Fsp3) is 0.350. The van der Waals surface area contributed by atoms with E-state index in [1.165, 1.54) is 12.7 Å². The van der Waals surface area contributed by atoms with Gasteiger partial charge in [0.1, 0.15) is 11.3 Å². The van der Waals surface area contributed by atoms with Gasteiger partial charge < -0.3 is 15.8 Å². The first-order valence-electron chi connectivity index (χ1n) is 8.17. The lowest BCUT2D eigenvalue weighted by Gasteiger charge is -2.18. The molecule has 2 rings (SSSR count). The lowest BCUT2D eigenvalue weighted by molar-refractivity contribution is 0.0998. The first-order chi connectivity index (χ1) is 11.3. The molecule has 24 heavy (non-hydrogen) atoms. The zero-order chi connectivity index (χ0) is 17.9. The van der Waals surface area contributed by atoms with Crippen molar-refractivity contribution in [3.05, 3.63) is 52.6 Å². The second kappa shape index (κ2) is 7.39. The van der Waals surface area contributed by atoms with E-state index >= 15 is 0 Å². The summed E-state index contributed by atoms with van der Waals surface area (Å²) in [6.45, 7) is 8.57. The van der Waals surface area contributed by atoms with Crippen LogP contribution in [0.15, 0.2) is 30.3 Å². The van der Waals surface area contributed by atoms with Crippen molar-refractivity contribution in [3.63, 3.8) is 0 Å². The maximum Gasteiger partial charge on any atom is 0.254 e. The highest BCUT2D eigenvalue weighted by Gasteiger charge is 2.16. The number of benzene rings is 2. The fourth-order valence-electron chi connectivity index (χ4n) is 3.03. The van der Waals surface area contributed by atoms with Crippen LogP contribution in [-0.4, -0.2) is 13.0 Å². The van der Waals surface area contributed by atoms with E-state index in [9.17, 15) is 4.79 Å². The van der Waals surface area contributed by atoms with E-state index in [0.29, 0.717) is 22.9 Å². The molecule has 4 heteroatoms. The molecule has 0 saturated heterocycles. The minimum absolute atomic E-state index is 0.366. The number of aryl methyl sites for hydroxylation is 2. The van der Waals surface area contributed by atoms with Gasteiger partial charge in [0.05, 0.1) is 12.8 Å². The monoisotopic (exact) mass is 326 g/mol. The number of nitrogens with two attached hydrogens (primary N) is 1. The van der Waals surface area contributed by atoms with E-state index in [-0.39, 0.29) is 0 Å². The second-order valence-corrected chi connectivity index (χ2v) is 6.57. The number of amides is 1. The van der Waals surface area contributed by atoms with Crippen LogP contribution in [0.4, 0.5) is 11.4 Å². The average molecular weight is 326 g/mol. The minimum Gasteiger partial charge on any atom is -0.496 e. The number of hydrogen-bond acceptors (Lipinski definition) is 3. The Morgan fingerprint density at radius 2 is 1.83 bits per heavy atom. The first kappa shape index (κ1) is 17.9. The van der Waals surface area contributed by atoms with E-state index < -0.39 is 5.91 Å². The molecule has 0 saturated carbocycles. The smallest absolute Gasteiger partial charge is 0.254 e. The molecule has 0 unspecified atom stereocenters. The van der Waals surface area contributed by atoms with Crippen molar-refractivity contribution < 1.29 is 9.53 Å². The van der Waals surface area contributed by atoms with Crippen LogP contribution in [0.1, 0.15) is 40.9 Å². The van der Waals surface area contributed by atoms with Gasteiger partial charge in [-0.3, -0.25) is 4.79 Å². The van der Waals surface area contributed by atoms with Gasteiger partial charge in [0.2, 0.25) is 0 Å². The highest BCUT2D eigenvalue weighted by atomic mass is 16.5. The molecule has 0 radical (unpaired) electrons. The zero-order valence-corrected chi connectivity index (χ0v) is 15.1. The lowest BCUT2D eigenvalue weighted by atomic mass is 9.97. The van der Waals surface area contributed by atoms with Crippen LogP contribution in [0.5, 0.6) is 5.75 Å². The normalized spacial score (nSPS) is 10.8. The largest absolute Gasteiger partial charge is 0.496 e. The second-order valence-electron chi connectivity index (χ2n) is 6.57. The summed E-state index contributed by atoms with van der Waals surface area (Å²) in [7, 11) is 1.53. The van der Waals surface area contributed by atoms with Gasteiger partial charge >= 0.3 is 0 Å². The summed E-state index contributed by atoms with van der Waals surface area (Å²) >= 11 is 0. The molecule has 128 valence electrons. The van der Waals surface area contributed by atoms with E-state index in [0.717, 1.165) is 23.2 Å². The van der Waals surface area contributed by atoms with Crippen molar-refractivity contribution in [1.82, 2.24) is 0 Å². The van der Waals surface area contributed by atoms with E-state index in [1.54, 1.807) is 6.07 Å². The summed E-state index contributed by atoms with van der Waals surface area (Å²) < 4.78 is 5.27. The average Bonchev–Trinajstić information content (AvgIpc) is 2.49. The van der Waals surface area contributed by atoms with Gasteiger partial charge in [0, 0.05) is 5.69 Å². The Morgan fingerprint density at radius 1 is 1.21 bits per heavy atom. The number of primary amides is 1. The standard InChI is InChI=1S/C20H26N2O2/c1-12(2)9-15-10-13(3)19(14(4)11-15)22-16-7-6-8-17(24-5)18(16)20(21)23/h6-8,10-12,22H,9H2,1-5H3,(H2,21,23). The molecule has 2 aromatic rings. The van der Waals surface area contributed by atoms with Crippen molar-refractivity contribution in [1.29, 1.82) is 0 Å². The molecule has 0 bridgehead atoms. The molecule has 0 aliphatic carbocycles. The van der Waals surface area contributed by atoms with Gasteiger partial charge in [-0.15, -0.1) is 0 Å². The lowest BCUT2D eigenvalue weighted by Crippen LogP contribution is -2.15. The summed E-state index contributed by atoms with van der Waals surface area (Å²) in [5.74, 6) is 0.573. The number of rotatable bonds is 6. The van der Waals surface area contributed by atoms with Crippen LogP contribution in [0.2, 0.25) is 0 Å². The van der Waals surface area contributed by atoms with Crippen molar-refractivity contribution in [2.45, 2.75) is 34.1 Å². The molecule has 2 aromatic carbocycles. The van der Waals surface area contributed by atoms with Gasteiger partial charge in [0.25, 0.3) is 5.91 Å². The minimum atomic E-state index is -0.512. The van der Waals surface area contributed by atoms with Crippen molar-refractivity contribution in [3.8, 4) is 5.75 Å². The zero-order valence-electron chi connectivity index (χ0n) is 15.1. The molecule has 0 aliphatic rings. The van der Waals surface area contributed by atoms with Gasteiger partial charge in [-0.1, -0.05) is 32.0 Å². The Kier molecular flexibility index (Phi) is 5.50. The number of nitrogens with one attached hydrogen (secondary N) is 1. The number of carbonyl (C=O) groups excluding carboxylic acids is 1. The number of anilines is 2. The topological polar surface area (TPSA) is 64.3 Å².